The van der Waals surface area contributed by atoms with Crippen LogP contribution in [-0.4, -0.2) is 20.2 Å². The minimum Gasteiger partial charge on any atom is -0.496 e. The summed E-state index contributed by atoms with van der Waals surface area (Å²) < 4.78 is 38.1. The number of esters is 1. The molecule has 0 aromatic heterocycles. The second kappa shape index (κ2) is 8.07. The average Bonchev–Trinajstić information content (AvgIpc) is 3.10. The Morgan fingerprint density at radius 3 is 2.29 bits per heavy atom. The molecule has 160 valence electrons. The molecule has 0 saturated heterocycles. The van der Waals surface area contributed by atoms with E-state index in [-0.39, 0.29) is 0 Å². The molecule has 2 N–H and O–H groups in total. The van der Waals surface area contributed by atoms with Crippen molar-refractivity contribution in [2.24, 2.45) is 0 Å². The molecule has 0 amide bonds. The van der Waals surface area contributed by atoms with E-state index in [4.69, 9.17) is 21.1 Å². The molecule has 1 aliphatic rings. The van der Waals surface area contributed by atoms with Crippen LogP contribution in [0.2, 0.25) is 5.02 Å². The second-order valence-electron chi connectivity index (χ2n) is 7.18. The van der Waals surface area contributed by atoms with Crippen molar-refractivity contribution in [2.45, 2.75) is 12.1 Å². The maximum atomic E-state index is 13.9. The normalized spacial score (nSPS) is 13.7. The molecule has 0 spiro atoms. The zero-order chi connectivity index (χ0) is 22.2. The fourth-order valence-corrected chi connectivity index (χ4v) is 3.98. The summed E-state index contributed by atoms with van der Waals surface area (Å²) in [5, 5.41) is 7.04. The summed E-state index contributed by atoms with van der Waals surface area (Å²) in [7, 11) is 2.83. The van der Waals surface area contributed by atoms with Crippen molar-refractivity contribution in [1.29, 1.82) is 0 Å². The van der Waals surface area contributed by atoms with Gasteiger partial charge in [0.1, 0.15) is 11.4 Å². The number of ether oxygens (including phenoxy) is 2. The molecule has 0 saturated carbocycles. The lowest BCUT2D eigenvalue weighted by Gasteiger charge is -2.33. The van der Waals surface area contributed by atoms with Crippen LogP contribution in [0.3, 0.4) is 0 Å². The van der Waals surface area contributed by atoms with Gasteiger partial charge in [0.2, 0.25) is 0 Å². The van der Waals surface area contributed by atoms with E-state index in [1.54, 1.807) is 36.4 Å². The largest absolute Gasteiger partial charge is 0.496 e. The third kappa shape index (κ3) is 3.88. The number of benzene rings is 3. The Balaban J connectivity index is 1.83. The Bertz CT molecular complexity index is 1140. The SMILES string of the molecule is COC(=O)c1cccc(CC2(c3ccc(Cl)cc3OC)Nc3cc(F)c(F)cc3N2)c1. The Hall–Kier alpha value is -3.32. The predicted molar refractivity (Wildman–Crippen MR) is 115 cm³/mol. The van der Waals surface area contributed by atoms with Crippen LogP contribution in [0, 0.1) is 11.6 Å². The number of carbonyl (C=O) groups is 1. The monoisotopic (exact) mass is 444 g/mol. The molecule has 0 radical (unpaired) electrons. The van der Waals surface area contributed by atoms with Crippen LogP contribution in [0.1, 0.15) is 21.5 Å². The fraction of sp³-hybridized carbons (Fsp3) is 0.174. The van der Waals surface area contributed by atoms with E-state index in [2.05, 4.69) is 10.6 Å². The first-order valence-electron chi connectivity index (χ1n) is 9.42. The lowest BCUT2D eigenvalue weighted by atomic mass is 9.90. The predicted octanol–water partition coefficient (Wildman–Crippen LogP) is 5.35. The maximum Gasteiger partial charge on any atom is 0.337 e. The van der Waals surface area contributed by atoms with Gasteiger partial charge in [0.15, 0.2) is 11.6 Å². The number of hydrogen-bond acceptors (Lipinski definition) is 5. The van der Waals surface area contributed by atoms with Crippen LogP contribution < -0.4 is 15.4 Å². The van der Waals surface area contributed by atoms with E-state index >= 15 is 0 Å². The van der Waals surface area contributed by atoms with Crippen molar-refractivity contribution >= 4 is 28.9 Å². The van der Waals surface area contributed by atoms with Crippen molar-refractivity contribution in [3.05, 3.63) is 87.9 Å². The third-order valence-corrected chi connectivity index (χ3v) is 5.43. The highest BCUT2D eigenvalue weighted by Crippen LogP contribution is 2.45. The van der Waals surface area contributed by atoms with Gasteiger partial charge in [0, 0.05) is 29.1 Å². The highest BCUT2D eigenvalue weighted by Gasteiger charge is 2.41. The molecular weight excluding hydrogens is 426 g/mol. The Morgan fingerprint density at radius 2 is 1.68 bits per heavy atom. The number of rotatable bonds is 5. The smallest absolute Gasteiger partial charge is 0.337 e. The molecule has 1 heterocycles. The topological polar surface area (TPSA) is 59.6 Å². The number of fused-ring (bicyclic) bond motifs is 1. The van der Waals surface area contributed by atoms with Crippen molar-refractivity contribution in [1.82, 2.24) is 0 Å². The van der Waals surface area contributed by atoms with Gasteiger partial charge in [-0.15, -0.1) is 0 Å². The number of anilines is 2. The maximum absolute atomic E-state index is 13.9. The number of methoxy groups -OCH3 is 2. The Kier molecular flexibility index (Phi) is 5.45. The first-order valence-corrected chi connectivity index (χ1v) is 9.79. The van der Waals surface area contributed by atoms with Gasteiger partial charge in [-0.3, -0.25) is 0 Å². The minimum absolute atomic E-state index is 0.313. The molecule has 0 unspecified atom stereocenters. The number of nitrogens with one attached hydrogen (secondary N) is 2. The van der Waals surface area contributed by atoms with Gasteiger partial charge in [-0.05, 0) is 35.9 Å². The molecule has 0 atom stereocenters. The quantitative estimate of drug-likeness (QED) is 0.520. The zero-order valence-corrected chi connectivity index (χ0v) is 17.5. The molecule has 8 heteroatoms. The van der Waals surface area contributed by atoms with E-state index in [1.807, 2.05) is 6.07 Å². The molecule has 3 aromatic carbocycles. The van der Waals surface area contributed by atoms with Gasteiger partial charge < -0.3 is 20.1 Å². The number of hydrogen-bond donors (Lipinski definition) is 2. The Labute approximate surface area is 182 Å². The van der Waals surface area contributed by atoms with Crippen LogP contribution in [0.4, 0.5) is 20.2 Å². The van der Waals surface area contributed by atoms with Crippen LogP contribution >= 0.6 is 11.6 Å². The van der Waals surface area contributed by atoms with Crippen molar-refractivity contribution in [3.63, 3.8) is 0 Å². The highest BCUT2D eigenvalue weighted by atomic mass is 35.5. The number of halogens is 3. The van der Waals surface area contributed by atoms with Crippen LogP contribution in [0.15, 0.2) is 54.6 Å². The standard InChI is InChI=1S/C23H19ClF2N2O3/c1-30-21-9-15(24)6-7-16(21)23(12-13-4-3-5-14(8-13)22(29)31-2)27-19-10-17(25)18(26)11-20(19)28-23/h3-11,27-28H,12H2,1-2H3. The summed E-state index contributed by atoms with van der Waals surface area (Å²) in [4.78, 5) is 12.0. The van der Waals surface area contributed by atoms with Crippen LogP contribution in [-0.2, 0) is 16.8 Å². The lowest BCUT2D eigenvalue weighted by molar-refractivity contribution is 0.0600. The van der Waals surface area contributed by atoms with E-state index in [1.165, 1.54) is 14.2 Å². The molecule has 1 aliphatic heterocycles. The summed E-state index contributed by atoms with van der Waals surface area (Å²) in [6.07, 6.45) is 0.313. The van der Waals surface area contributed by atoms with E-state index in [0.717, 1.165) is 17.7 Å². The first kappa shape index (κ1) is 20.9. The lowest BCUT2D eigenvalue weighted by Crippen LogP contribution is -2.41. The summed E-state index contributed by atoms with van der Waals surface area (Å²) >= 11 is 6.14. The summed E-state index contributed by atoms with van der Waals surface area (Å²) in [5.41, 5.74) is 1.65. The molecule has 0 bridgehead atoms. The van der Waals surface area contributed by atoms with Gasteiger partial charge in [-0.25, -0.2) is 13.6 Å². The van der Waals surface area contributed by atoms with Crippen molar-refractivity contribution in [3.8, 4) is 5.75 Å². The van der Waals surface area contributed by atoms with Gasteiger partial charge in [-0.1, -0.05) is 23.7 Å². The molecule has 4 rings (SSSR count). The molecule has 5 nitrogen and oxygen atoms in total. The highest BCUT2D eigenvalue weighted by molar-refractivity contribution is 6.30. The zero-order valence-electron chi connectivity index (χ0n) is 16.8. The Morgan fingerprint density at radius 1 is 1.00 bits per heavy atom. The average molecular weight is 445 g/mol. The first-order chi connectivity index (χ1) is 14.8. The van der Waals surface area contributed by atoms with Gasteiger partial charge >= 0.3 is 5.97 Å². The van der Waals surface area contributed by atoms with E-state index in [9.17, 15) is 13.6 Å². The van der Waals surface area contributed by atoms with Gasteiger partial charge in [-0.2, -0.15) is 0 Å². The van der Waals surface area contributed by atoms with Crippen LogP contribution in [0.25, 0.3) is 0 Å². The fourth-order valence-electron chi connectivity index (χ4n) is 3.81. The second-order valence-corrected chi connectivity index (χ2v) is 7.62. The van der Waals surface area contributed by atoms with Gasteiger partial charge in [0.25, 0.3) is 0 Å². The number of carbonyl (C=O) groups excluding carboxylic acids is 1. The molecule has 0 fully saturated rings. The van der Waals surface area contributed by atoms with Crippen molar-refractivity contribution < 1.29 is 23.0 Å². The summed E-state index contributed by atoms with van der Waals surface area (Å²) in [6.45, 7) is 0. The van der Waals surface area contributed by atoms with E-state index < -0.39 is 23.3 Å². The summed E-state index contributed by atoms with van der Waals surface area (Å²) in [5.74, 6) is -1.88. The molecule has 0 aliphatic carbocycles. The molecular formula is C23H19ClF2N2O3. The van der Waals surface area contributed by atoms with Gasteiger partial charge in [0.05, 0.1) is 31.2 Å². The third-order valence-electron chi connectivity index (χ3n) is 5.20. The van der Waals surface area contributed by atoms with Crippen LogP contribution in [0.5, 0.6) is 5.75 Å². The van der Waals surface area contributed by atoms with Crippen molar-refractivity contribution in [2.75, 3.05) is 24.9 Å². The minimum atomic E-state index is -1.02. The summed E-state index contributed by atoms with van der Waals surface area (Å²) in [6, 6.07) is 14.3. The van der Waals surface area contributed by atoms with E-state index in [0.29, 0.717) is 39.7 Å². The molecule has 3 aromatic rings. The molecule has 31 heavy (non-hydrogen) atoms.